The fourth-order valence-corrected chi connectivity index (χ4v) is 2.95. The van der Waals surface area contributed by atoms with E-state index in [1.54, 1.807) is 4.90 Å². The molecule has 10 heteroatoms. The second-order valence-electron chi connectivity index (χ2n) is 5.74. The van der Waals surface area contributed by atoms with Crippen molar-refractivity contribution in [3.05, 3.63) is 23.3 Å². The Morgan fingerprint density at radius 2 is 2.04 bits per heavy atom. The van der Waals surface area contributed by atoms with Gasteiger partial charge in [0.05, 0.1) is 18.8 Å². The number of carbonyl (C=O) groups is 2. The molecule has 1 aromatic rings. The summed E-state index contributed by atoms with van der Waals surface area (Å²) in [5.41, 5.74) is -0.0675. The maximum absolute atomic E-state index is 11.7. The molecule has 0 aliphatic carbocycles. The van der Waals surface area contributed by atoms with Gasteiger partial charge in [-0.3, -0.25) is 4.79 Å². The molecular formula is C15H20BNO7S. The molecule has 0 unspecified atom stereocenters. The van der Waals surface area contributed by atoms with Gasteiger partial charge in [0.25, 0.3) is 0 Å². The molecule has 1 heterocycles. The summed E-state index contributed by atoms with van der Waals surface area (Å²) in [5.74, 6) is -1.36. The van der Waals surface area contributed by atoms with E-state index in [-0.39, 0.29) is 36.1 Å². The van der Waals surface area contributed by atoms with Gasteiger partial charge in [-0.2, -0.15) is 11.8 Å². The number of carboxylic acid groups (broad SMARTS) is 1. The third-order valence-corrected chi connectivity index (χ3v) is 4.41. The van der Waals surface area contributed by atoms with Crippen LogP contribution in [0, 0.1) is 0 Å². The summed E-state index contributed by atoms with van der Waals surface area (Å²) in [6.07, 6.45) is 1.60. The Bertz CT molecular complexity index is 649. The Labute approximate surface area is 149 Å². The average Bonchev–Trinajstić information content (AvgIpc) is 2.49. The van der Waals surface area contributed by atoms with Gasteiger partial charge in [0.15, 0.2) is 0 Å². The van der Waals surface area contributed by atoms with Crippen LogP contribution in [0.2, 0.25) is 6.32 Å². The fourth-order valence-electron chi connectivity index (χ4n) is 2.52. The Hall–Kier alpha value is -1.91. The first kappa shape index (κ1) is 19.4. The number of hydrogen-bond acceptors (Lipinski definition) is 7. The SMILES string of the molecule is CSCC(=O)N1CC(Oc2ccc(CCB(O)O)c(O)c2C(=O)O)C1. The molecule has 0 spiro atoms. The maximum atomic E-state index is 11.7. The molecule has 25 heavy (non-hydrogen) atoms. The standard InChI is InChI=1S/C15H20BNO7S/c1-25-8-12(18)17-6-10(7-17)24-11-3-2-9(4-5-16(22)23)14(19)13(11)15(20)21/h2-3,10,19,22-23H,4-8H2,1H3,(H,20,21). The van der Waals surface area contributed by atoms with Gasteiger partial charge in [-0.05, 0) is 30.6 Å². The second-order valence-corrected chi connectivity index (χ2v) is 6.61. The zero-order valence-electron chi connectivity index (χ0n) is 13.7. The number of hydrogen-bond donors (Lipinski definition) is 4. The summed E-state index contributed by atoms with van der Waals surface area (Å²) in [7, 11) is -1.54. The number of carbonyl (C=O) groups excluding carboxylic acids is 1. The van der Waals surface area contributed by atoms with E-state index in [1.807, 2.05) is 6.26 Å². The second kappa shape index (κ2) is 8.46. The van der Waals surface area contributed by atoms with E-state index in [9.17, 15) is 19.8 Å². The van der Waals surface area contributed by atoms with Crippen molar-refractivity contribution >= 4 is 30.8 Å². The normalized spacial score (nSPS) is 14.1. The van der Waals surface area contributed by atoms with E-state index >= 15 is 0 Å². The van der Waals surface area contributed by atoms with E-state index in [1.165, 1.54) is 23.9 Å². The maximum Gasteiger partial charge on any atom is 0.451 e. The van der Waals surface area contributed by atoms with Gasteiger partial charge in [0, 0.05) is 0 Å². The molecule has 0 bridgehead atoms. The topological polar surface area (TPSA) is 128 Å². The molecule has 1 saturated heterocycles. The lowest BCUT2D eigenvalue weighted by atomic mass is 9.82. The molecule has 1 fully saturated rings. The van der Waals surface area contributed by atoms with Gasteiger partial charge in [-0.25, -0.2) is 4.79 Å². The molecule has 136 valence electrons. The van der Waals surface area contributed by atoms with Crippen LogP contribution in [0.5, 0.6) is 11.5 Å². The molecule has 0 aromatic heterocycles. The van der Waals surface area contributed by atoms with E-state index in [0.717, 1.165) is 0 Å². The highest BCUT2D eigenvalue weighted by molar-refractivity contribution is 7.99. The first-order valence-electron chi connectivity index (χ1n) is 7.71. The fraction of sp³-hybridized carbons (Fsp3) is 0.467. The van der Waals surface area contributed by atoms with E-state index < -0.39 is 18.8 Å². The number of ether oxygens (including phenoxy) is 1. The van der Waals surface area contributed by atoms with Crippen molar-refractivity contribution in [2.24, 2.45) is 0 Å². The molecule has 2 rings (SSSR count). The number of phenols is 1. The lowest BCUT2D eigenvalue weighted by Gasteiger charge is -2.39. The third-order valence-electron chi connectivity index (χ3n) is 3.87. The third kappa shape index (κ3) is 4.80. The molecule has 8 nitrogen and oxygen atoms in total. The van der Waals surface area contributed by atoms with Gasteiger partial charge in [-0.15, -0.1) is 0 Å². The van der Waals surface area contributed by atoms with Crippen LogP contribution in [0.4, 0.5) is 0 Å². The van der Waals surface area contributed by atoms with Crippen LogP contribution in [0.1, 0.15) is 15.9 Å². The van der Waals surface area contributed by atoms with Crippen LogP contribution in [-0.2, 0) is 11.2 Å². The van der Waals surface area contributed by atoms with Gasteiger partial charge in [-0.1, -0.05) is 6.07 Å². The molecule has 0 saturated carbocycles. The summed E-state index contributed by atoms with van der Waals surface area (Å²) in [5, 5.41) is 37.3. The summed E-state index contributed by atoms with van der Waals surface area (Å²) < 4.78 is 5.62. The largest absolute Gasteiger partial charge is 0.507 e. The van der Waals surface area contributed by atoms with Crippen molar-refractivity contribution in [1.29, 1.82) is 0 Å². The minimum atomic E-state index is -1.54. The predicted molar refractivity (Wildman–Crippen MR) is 93.1 cm³/mol. The first-order chi connectivity index (χ1) is 11.8. The first-order valence-corrected chi connectivity index (χ1v) is 9.10. The number of likely N-dealkylation sites (tertiary alicyclic amines) is 1. The van der Waals surface area contributed by atoms with E-state index in [2.05, 4.69) is 0 Å². The van der Waals surface area contributed by atoms with Crippen LogP contribution in [-0.4, -0.2) is 75.4 Å². The minimum absolute atomic E-state index is 0.00608. The predicted octanol–water partition coefficient (Wildman–Crippen LogP) is 0.0583. The number of carboxylic acids is 1. The number of aromatic carboxylic acids is 1. The number of aromatic hydroxyl groups is 1. The Kier molecular flexibility index (Phi) is 6.57. The monoisotopic (exact) mass is 369 g/mol. The van der Waals surface area contributed by atoms with Gasteiger partial charge < -0.3 is 29.9 Å². The molecule has 1 aromatic carbocycles. The molecule has 4 N–H and O–H groups in total. The number of nitrogens with zero attached hydrogens (tertiary/aromatic N) is 1. The number of rotatable bonds is 8. The van der Waals surface area contributed by atoms with Gasteiger partial charge >= 0.3 is 13.1 Å². The zero-order valence-corrected chi connectivity index (χ0v) is 14.5. The highest BCUT2D eigenvalue weighted by atomic mass is 32.2. The zero-order chi connectivity index (χ0) is 18.6. The molecular weight excluding hydrogens is 349 g/mol. The van der Waals surface area contributed by atoms with Crippen LogP contribution in [0.15, 0.2) is 12.1 Å². The van der Waals surface area contributed by atoms with Crippen LogP contribution in [0.3, 0.4) is 0 Å². The number of amides is 1. The summed E-state index contributed by atoms with van der Waals surface area (Å²) >= 11 is 1.43. The van der Waals surface area contributed by atoms with Gasteiger partial charge in [0.2, 0.25) is 5.91 Å². The van der Waals surface area contributed by atoms with Crippen molar-refractivity contribution in [2.45, 2.75) is 18.8 Å². The Morgan fingerprint density at radius 1 is 1.36 bits per heavy atom. The number of aryl methyl sites for hydroxylation is 1. The van der Waals surface area contributed by atoms with Crippen molar-refractivity contribution in [3.63, 3.8) is 0 Å². The smallest absolute Gasteiger partial charge is 0.451 e. The summed E-state index contributed by atoms with van der Waals surface area (Å²) in [6, 6.07) is 2.93. The van der Waals surface area contributed by atoms with Crippen LogP contribution >= 0.6 is 11.8 Å². The Balaban J connectivity index is 2.07. The van der Waals surface area contributed by atoms with Crippen molar-refractivity contribution in [3.8, 4) is 11.5 Å². The van der Waals surface area contributed by atoms with Crippen molar-refractivity contribution < 1.29 is 34.6 Å². The molecule has 1 aliphatic rings. The lowest BCUT2D eigenvalue weighted by Crippen LogP contribution is -2.56. The van der Waals surface area contributed by atoms with Gasteiger partial charge in [0.1, 0.15) is 23.2 Å². The van der Waals surface area contributed by atoms with Crippen molar-refractivity contribution in [2.75, 3.05) is 25.1 Å². The summed E-state index contributed by atoms with van der Waals surface area (Å²) in [4.78, 5) is 24.8. The summed E-state index contributed by atoms with van der Waals surface area (Å²) in [6.45, 7) is 0.745. The molecule has 1 amide bonds. The average molecular weight is 369 g/mol. The van der Waals surface area contributed by atoms with E-state index in [0.29, 0.717) is 24.4 Å². The van der Waals surface area contributed by atoms with Crippen LogP contribution in [0.25, 0.3) is 0 Å². The number of thioether (sulfide) groups is 1. The highest BCUT2D eigenvalue weighted by Crippen LogP contribution is 2.33. The van der Waals surface area contributed by atoms with Crippen LogP contribution < -0.4 is 4.74 Å². The highest BCUT2D eigenvalue weighted by Gasteiger charge is 2.33. The van der Waals surface area contributed by atoms with Crippen molar-refractivity contribution in [1.82, 2.24) is 4.90 Å². The molecule has 0 atom stereocenters. The minimum Gasteiger partial charge on any atom is -0.507 e. The quantitative estimate of drug-likeness (QED) is 0.474. The molecule has 0 radical (unpaired) electrons. The number of benzene rings is 1. The Morgan fingerprint density at radius 3 is 2.60 bits per heavy atom. The van der Waals surface area contributed by atoms with E-state index in [4.69, 9.17) is 14.8 Å². The lowest BCUT2D eigenvalue weighted by molar-refractivity contribution is -0.137. The molecule has 1 aliphatic heterocycles.